The van der Waals surface area contributed by atoms with Crippen LogP contribution in [0.25, 0.3) is 11.3 Å². The zero-order valence-electron chi connectivity index (χ0n) is 15.7. The lowest BCUT2D eigenvalue weighted by molar-refractivity contribution is -0.122. The highest BCUT2D eigenvalue weighted by atomic mass is 35.5. The van der Waals surface area contributed by atoms with Crippen molar-refractivity contribution in [1.82, 2.24) is 4.98 Å². The Morgan fingerprint density at radius 2 is 1.78 bits per heavy atom. The van der Waals surface area contributed by atoms with Crippen molar-refractivity contribution in [2.24, 2.45) is 0 Å². The number of carbonyl (C=O) groups is 1. The second-order valence-electron chi connectivity index (χ2n) is 6.49. The Kier molecular flexibility index (Phi) is 5.82. The van der Waals surface area contributed by atoms with Crippen LogP contribution in [-0.4, -0.2) is 17.0 Å². The van der Waals surface area contributed by atoms with E-state index < -0.39 is 6.10 Å². The van der Waals surface area contributed by atoms with Gasteiger partial charge in [-0.25, -0.2) is 4.98 Å². The number of halogens is 1. The van der Waals surface area contributed by atoms with Gasteiger partial charge in [-0.3, -0.25) is 10.1 Å². The number of nitrogens with zero attached hydrogens (tertiary/aromatic N) is 1. The molecule has 1 aromatic heterocycles. The minimum atomic E-state index is -0.651. The Labute approximate surface area is 168 Å². The van der Waals surface area contributed by atoms with Crippen molar-refractivity contribution in [2.75, 3.05) is 5.32 Å². The van der Waals surface area contributed by atoms with Gasteiger partial charge in [0.25, 0.3) is 5.91 Å². The average Bonchev–Trinajstić information content (AvgIpc) is 3.08. The molecule has 0 aliphatic carbocycles. The molecule has 27 heavy (non-hydrogen) atoms. The monoisotopic (exact) mass is 400 g/mol. The third-order valence-electron chi connectivity index (χ3n) is 4.35. The van der Waals surface area contributed by atoms with Crippen molar-refractivity contribution in [2.45, 2.75) is 33.8 Å². The van der Waals surface area contributed by atoms with Gasteiger partial charge in [0.1, 0.15) is 5.75 Å². The van der Waals surface area contributed by atoms with E-state index in [0.29, 0.717) is 15.9 Å². The standard InChI is InChI=1S/C21H21ClN2O2S/c1-12-9-14(3)18(10-13(12)2)19-11-27-21(23-19)24-20(25)15(4)26-17-7-5-16(22)6-8-17/h5-11,15H,1-4H3,(H,23,24,25)/t15-/m1/s1. The molecular formula is C21H21ClN2O2S. The number of thiazole rings is 1. The van der Waals surface area contributed by atoms with Crippen LogP contribution in [0.4, 0.5) is 5.13 Å². The first-order valence-electron chi connectivity index (χ1n) is 8.60. The lowest BCUT2D eigenvalue weighted by atomic mass is 9.99. The van der Waals surface area contributed by atoms with Crippen LogP contribution in [0.1, 0.15) is 23.6 Å². The number of aromatic nitrogens is 1. The SMILES string of the molecule is Cc1cc(C)c(-c2csc(NC(=O)[C@@H](C)Oc3ccc(Cl)cc3)n2)cc1C. The minimum Gasteiger partial charge on any atom is -0.481 e. The lowest BCUT2D eigenvalue weighted by Crippen LogP contribution is -2.30. The number of carbonyl (C=O) groups excluding carboxylic acids is 1. The second kappa shape index (κ2) is 8.11. The van der Waals surface area contributed by atoms with Crippen molar-refractivity contribution in [3.63, 3.8) is 0 Å². The quantitative estimate of drug-likeness (QED) is 0.589. The zero-order valence-corrected chi connectivity index (χ0v) is 17.2. The summed E-state index contributed by atoms with van der Waals surface area (Å²) >= 11 is 7.26. The number of benzene rings is 2. The average molecular weight is 401 g/mol. The predicted molar refractivity (Wildman–Crippen MR) is 112 cm³/mol. The molecule has 6 heteroatoms. The van der Waals surface area contributed by atoms with Gasteiger partial charge in [-0.1, -0.05) is 17.7 Å². The van der Waals surface area contributed by atoms with E-state index in [2.05, 4.69) is 43.2 Å². The molecule has 1 atom stereocenters. The van der Waals surface area contributed by atoms with Crippen LogP contribution >= 0.6 is 22.9 Å². The summed E-state index contributed by atoms with van der Waals surface area (Å²) in [6.45, 7) is 7.96. The van der Waals surface area contributed by atoms with Gasteiger partial charge in [0, 0.05) is 16.0 Å². The van der Waals surface area contributed by atoms with Crippen LogP contribution in [0, 0.1) is 20.8 Å². The van der Waals surface area contributed by atoms with E-state index >= 15 is 0 Å². The molecule has 1 heterocycles. The van der Waals surface area contributed by atoms with E-state index in [1.165, 1.54) is 28.0 Å². The van der Waals surface area contributed by atoms with Gasteiger partial charge < -0.3 is 4.74 Å². The van der Waals surface area contributed by atoms with E-state index in [4.69, 9.17) is 16.3 Å². The summed E-state index contributed by atoms with van der Waals surface area (Å²) in [6.07, 6.45) is -0.651. The number of anilines is 1. The molecule has 140 valence electrons. The van der Waals surface area contributed by atoms with Crippen molar-refractivity contribution >= 4 is 34.0 Å². The Morgan fingerprint density at radius 3 is 2.48 bits per heavy atom. The summed E-state index contributed by atoms with van der Waals surface area (Å²) in [5, 5.41) is 5.96. The maximum absolute atomic E-state index is 12.4. The molecule has 0 saturated carbocycles. The number of ether oxygens (including phenoxy) is 1. The Balaban J connectivity index is 1.69. The summed E-state index contributed by atoms with van der Waals surface area (Å²) in [7, 11) is 0. The number of hydrogen-bond donors (Lipinski definition) is 1. The lowest BCUT2D eigenvalue weighted by Gasteiger charge is -2.13. The van der Waals surface area contributed by atoms with Crippen LogP contribution in [-0.2, 0) is 4.79 Å². The topological polar surface area (TPSA) is 51.2 Å². The van der Waals surface area contributed by atoms with E-state index in [1.807, 2.05) is 5.38 Å². The molecule has 0 saturated heterocycles. The Morgan fingerprint density at radius 1 is 1.11 bits per heavy atom. The summed E-state index contributed by atoms with van der Waals surface area (Å²) in [5.74, 6) is 0.343. The number of nitrogens with one attached hydrogen (secondary N) is 1. The minimum absolute atomic E-state index is 0.248. The van der Waals surface area contributed by atoms with Crippen LogP contribution < -0.4 is 10.1 Å². The van der Waals surface area contributed by atoms with E-state index in [0.717, 1.165) is 11.3 Å². The smallest absolute Gasteiger partial charge is 0.266 e. The van der Waals surface area contributed by atoms with Gasteiger partial charge in [-0.2, -0.15) is 0 Å². The van der Waals surface area contributed by atoms with Crippen LogP contribution in [0.2, 0.25) is 5.02 Å². The van der Waals surface area contributed by atoms with E-state index in [-0.39, 0.29) is 5.91 Å². The summed E-state index contributed by atoms with van der Waals surface area (Å²) in [4.78, 5) is 17.0. The van der Waals surface area contributed by atoms with Crippen LogP contribution in [0.5, 0.6) is 5.75 Å². The van der Waals surface area contributed by atoms with Crippen LogP contribution in [0.15, 0.2) is 41.8 Å². The summed E-state index contributed by atoms with van der Waals surface area (Å²) in [6, 6.07) is 11.2. The number of hydrogen-bond acceptors (Lipinski definition) is 4. The van der Waals surface area contributed by atoms with Crippen LogP contribution in [0.3, 0.4) is 0 Å². The number of rotatable bonds is 5. The molecule has 0 fully saturated rings. The molecule has 0 aliphatic heterocycles. The molecule has 2 aromatic carbocycles. The molecule has 4 nitrogen and oxygen atoms in total. The van der Waals surface area contributed by atoms with Crippen molar-refractivity contribution in [1.29, 1.82) is 0 Å². The highest BCUT2D eigenvalue weighted by Crippen LogP contribution is 2.29. The molecule has 0 spiro atoms. The molecule has 0 unspecified atom stereocenters. The molecular weight excluding hydrogens is 380 g/mol. The first-order valence-corrected chi connectivity index (χ1v) is 9.86. The van der Waals surface area contributed by atoms with Gasteiger partial charge in [-0.05, 0) is 74.7 Å². The van der Waals surface area contributed by atoms with Crippen molar-refractivity contribution in [3.05, 3.63) is 63.5 Å². The normalized spacial score (nSPS) is 11.9. The van der Waals surface area contributed by atoms with E-state index in [9.17, 15) is 4.79 Å². The molecule has 1 N–H and O–H groups in total. The van der Waals surface area contributed by atoms with Gasteiger partial charge in [0.05, 0.1) is 5.69 Å². The molecule has 3 rings (SSSR count). The second-order valence-corrected chi connectivity index (χ2v) is 7.79. The van der Waals surface area contributed by atoms with Gasteiger partial charge in [0.2, 0.25) is 0 Å². The molecule has 0 bridgehead atoms. The third-order valence-corrected chi connectivity index (χ3v) is 5.36. The first-order chi connectivity index (χ1) is 12.8. The Bertz CT molecular complexity index is 967. The highest BCUT2D eigenvalue weighted by Gasteiger charge is 2.17. The first kappa shape index (κ1) is 19.4. The van der Waals surface area contributed by atoms with Crippen molar-refractivity contribution < 1.29 is 9.53 Å². The fraction of sp³-hybridized carbons (Fsp3) is 0.238. The predicted octanol–water partition coefficient (Wildman–Crippen LogP) is 5.79. The molecule has 1 amide bonds. The zero-order chi connectivity index (χ0) is 19.6. The summed E-state index contributed by atoms with van der Waals surface area (Å²) < 4.78 is 5.65. The molecule has 0 aliphatic rings. The summed E-state index contributed by atoms with van der Waals surface area (Å²) in [5.41, 5.74) is 5.59. The molecule has 3 aromatic rings. The number of amides is 1. The number of aryl methyl sites for hydroxylation is 3. The van der Waals surface area contributed by atoms with Gasteiger partial charge in [0.15, 0.2) is 11.2 Å². The fourth-order valence-electron chi connectivity index (χ4n) is 2.67. The third kappa shape index (κ3) is 4.67. The molecule has 0 radical (unpaired) electrons. The van der Waals surface area contributed by atoms with Gasteiger partial charge >= 0.3 is 0 Å². The van der Waals surface area contributed by atoms with Gasteiger partial charge in [-0.15, -0.1) is 11.3 Å². The highest BCUT2D eigenvalue weighted by molar-refractivity contribution is 7.14. The van der Waals surface area contributed by atoms with E-state index in [1.54, 1.807) is 31.2 Å². The largest absolute Gasteiger partial charge is 0.481 e. The maximum atomic E-state index is 12.4. The fourth-order valence-corrected chi connectivity index (χ4v) is 3.51. The van der Waals surface area contributed by atoms with Crippen molar-refractivity contribution in [3.8, 4) is 17.0 Å². The maximum Gasteiger partial charge on any atom is 0.266 e. The Hall–Kier alpha value is -2.37.